The number of aldehydes is 1. The van der Waals surface area contributed by atoms with E-state index in [4.69, 9.17) is 0 Å². The molecule has 0 aromatic carbocycles. The lowest BCUT2D eigenvalue weighted by molar-refractivity contribution is -0.104. The summed E-state index contributed by atoms with van der Waals surface area (Å²) in [6.07, 6.45) is 17.2. The molecule has 1 N–H and O–H groups in total. The van der Waals surface area contributed by atoms with Crippen molar-refractivity contribution in [2.24, 2.45) is 16.1 Å². The predicted octanol–water partition coefficient (Wildman–Crippen LogP) is 3.25. The molecule has 1 aromatic heterocycles. The second-order valence-electron chi connectivity index (χ2n) is 7.01. The third-order valence-corrected chi connectivity index (χ3v) is 4.49. The summed E-state index contributed by atoms with van der Waals surface area (Å²) in [6, 6.07) is 0. The minimum atomic E-state index is 0.0489. The van der Waals surface area contributed by atoms with E-state index in [0.29, 0.717) is 12.4 Å². The SMILES string of the molecule is CCCN(C)/N=C\CN(/C=C\C=O)/N=C/C(C)C1=CC(c2ncc(O)cn2)=CCC1. The van der Waals surface area contributed by atoms with E-state index in [1.54, 1.807) is 17.4 Å². The number of hydrazone groups is 2. The monoisotopic (exact) mass is 410 g/mol. The Hall–Kier alpha value is -3.29. The Morgan fingerprint density at radius 1 is 1.30 bits per heavy atom. The molecule has 0 spiro atoms. The molecule has 30 heavy (non-hydrogen) atoms. The largest absolute Gasteiger partial charge is 0.505 e. The lowest BCUT2D eigenvalue weighted by Crippen LogP contribution is -2.18. The minimum absolute atomic E-state index is 0.0489. The van der Waals surface area contributed by atoms with Gasteiger partial charge in [0.25, 0.3) is 0 Å². The van der Waals surface area contributed by atoms with Gasteiger partial charge < -0.3 is 10.1 Å². The summed E-state index contributed by atoms with van der Waals surface area (Å²) in [7, 11) is 1.93. The van der Waals surface area contributed by atoms with Crippen molar-refractivity contribution in [3.8, 4) is 5.75 Å². The molecule has 0 radical (unpaired) electrons. The number of nitrogens with zero attached hydrogens (tertiary/aromatic N) is 6. The fourth-order valence-corrected chi connectivity index (χ4v) is 2.91. The van der Waals surface area contributed by atoms with Crippen molar-refractivity contribution < 1.29 is 9.90 Å². The average Bonchev–Trinajstić information content (AvgIpc) is 2.75. The molecule has 1 aromatic rings. The molecule has 8 heteroatoms. The zero-order chi connectivity index (χ0) is 21.8. The van der Waals surface area contributed by atoms with Gasteiger partial charge in [-0.1, -0.05) is 31.6 Å². The van der Waals surface area contributed by atoms with Crippen LogP contribution in [-0.4, -0.2) is 63.9 Å². The van der Waals surface area contributed by atoms with Gasteiger partial charge in [0.05, 0.1) is 18.9 Å². The topological polar surface area (TPSA) is 94.3 Å². The van der Waals surface area contributed by atoms with Crippen molar-refractivity contribution in [2.45, 2.75) is 33.1 Å². The van der Waals surface area contributed by atoms with Gasteiger partial charge in [-0.05, 0) is 25.3 Å². The number of hydrogen-bond donors (Lipinski definition) is 1. The van der Waals surface area contributed by atoms with Gasteiger partial charge in [-0.25, -0.2) is 9.97 Å². The highest BCUT2D eigenvalue weighted by molar-refractivity contribution is 5.74. The molecule has 1 atom stereocenters. The van der Waals surface area contributed by atoms with Crippen LogP contribution in [0.3, 0.4) is 0 Å². The summed E-state index contributed by atoms with van der Waals surface area (Å²) in [5.74, 6) is 0.752. The Balaban J connectivity index is 2.05. The molecule has 1 heterocycles. The maximum Gasteiger partial charge on any atom is 0.159 e. The standard InChI is InChI=1S/C22H30N6O2/c1-4-10-27(3)25-9-12-28(11-6-13-29)26-15-18(2)19-7-5-8-20(14-19)22-23-16-21(30)17-24-22/h6,8-9,11,13-18,30H,4-5,7,10,12H2,1-3H3/b11-6-,25-9-,26-15+. The lowest BCUT2D eigenvalue weighted by Gasteiger charge is -2.18. The van der Waals surface area contributed by atoms with Gasteiger partial charge in [0.2, 0.25) is 0 Å². The van der Waals surface area contributed by atoms with Crippen LogP contribution in [0.25, 0.3) is 5.57 Å². The van der Waals surface area contributed by atoms with Crippen molar-refractivity contribution >= 4 is 24.3 Å². The van der Waals surface area contributed by atoms with Crippen molar-refractivity contribution in [1.29, 1.82) is 0 Å². The van der Waals surface area contributed by atoms with E-state index in [2.05, 4.69) is 46.2 Å². The Kier molecular flexibility index (Phi) is 9.44. The molecule has 160 valence electrons. The number of carbonyl (C=O) groups excluding carboxylic acids is 1. The third kappa shape index (κ3) is 7.62. The molecule has 1 unspecified atom stereocenters. The van der Waals surface area contributed by atoms with Crippen LogP contribution in [0.5, 0.6) is 5.75 Å². The first-order valence-corrected chi connectivity index (χ1v) is 10.1. The summed E-state index contributed by atoms with van der Waals surface area (Å²) < 4.78 is 0. The number of rotatable bonds is 11. The van der Waals surface area contributed by atoms with E-state index in [0.717, 1.165) is 37.7 Å². The average molecular weight is 411 g/mol. The smallest absolute Gasteiger partial charge is 0.159 e. The Morgan fingerprint density at radius 3 is 2.77 bits per heavy atom. The summed E-state index contributed by atoms with van der Waals surface area (Å²) in [5, 5.41) is 21.8. The minimum Gasteiger partial charge on any atom is -0.505 e. The zero-order valence-electron chi connectivity index (χ0n) is 17.8. The van der Waals surface area contributed by atoms with Gasteiger partial charge in [0.1, 0.15) is 6.29 Å². The fourth-order valence-electron chi connectivity index (χ4n) is 2.91. The number of carbonyl (C=O) groups is 1. The van der Waals surface area contributed by atoms with Gasteiger partial charge in [-0.15, -0.1) is 0 Å². The first-order chi connectivity index (χ1) is 14.5. The second-order valence-corrected chi connectivity index (χ2v) is 7.01. The maximum atomic E-state index is 10.7. The van der Waals surface area contributed by atoms with Crippen LogP contribution in [0, 0.1) is 5.92 Å². The summed E-state index contributed by atoms with van der Waals surface area (Å²) in [4.78, 5) is 19.1. The number of hydrogen-bond acceptors (Lipinski definition) is 8. The number of allylic oxidation sites excluding steroid dienone is 5. The van der Waals surface area contributed by atoms with Crippen LogP contribution in [-0.2, 0) is 4.79 Å². The van der Waals surface area contributed by atoms with E-state index in [1.807, 2.05) is 18.3 Å². The molecule has 1 aliphatic rings. The maximum absolute atomic E-state index is 10.7. The Bertz CT molecular complexity index is 827. The quantitative estimate of drug-likeness (QED) is 0.260. The molecule has 0 saturated heterocycles. The normalized spacial score (nSPS) is 15.4. The molecule has 1 aliphatic carbocycles. The van der Waals surface area contributed by atoms with Gasteiger partial charge in [-0.2, -0.15) is 10.2 Å². The number of aromatic nitrogens is 2. The van der Waals surface area contributed by atoms with Crippen molar-refractivity contribution in [2.75, 3.05) is 20.1 Å². The van der Waals surface area contributed by atoms with Crippen LogP contribution >= 0.6 is 0 Å². The van der Waals surface area contributed by atoms with Crippen molar-refractivity contribution in [3.05, 3.63) is 48.2 Å². The van der Waals surface area contributed by atoms with E-state index in [-0.39, 0.29) is 11.7 Å². The predicted molar refractivity (Wildman–Crippen MR) is 120 cm³/mol. The van der Waals surface area contributed by atoms with Crippen LogP contribution < -0.4 is 0 Å². The molecular weight excluding hydrogens is 380 g/mol. The van der Waals surface area contributed by atoms with Gasteiger partial charge in [-0.3, -0.25) is 9.80 Å². The molecule has 2 rings (SSSR count). The van der Waals surface area contributed by atoms with Crippen LogP contribution in [0.1, 0.15) is 38.9 Å². The van der Waals surface area contributed by atoms with Crippen molar-refractivity contribution in [3.63, 3.8) is 0 Å². The third-order valence-electron chi connectivity index (χ3n) is 4.49. The zero-order valence-corrected chi connectivity index (χ0v) is 17.8. The molecule has 8 nitrogen and oxygen atoms in total. The van der Waals surface area contributed by atoms with Crippen LogP contribution in [0.4, 0.5) is 0 Å². The molecule has 0 saturated carbocycles. The highest BCUT2D eigenvalue weighted by atomic mass is 16.3. The van der Waals surface area contributed by atoms with E-state index >= 15 is 0 Å². The van der Waals surface area contributed by atoms with E-state index in [1.165, 1.54) is 24.0 Å². The summed E-state index contributed by atoms with van der Waals surface area (Å²) in [6.45, 7) is 5.54. The highest BCUT2D eigenvalue weighted by Gasteiger charge is 2.14. The summed E-state index contributed by atoms with van der Waals surface area (Å²) in [5.41, 5.74) is 2.17. The molecule has 0 fully saturated rings. The lowest BCUT2D eigenvalue weighted by atomic mass is 9.91. The van der Waals surface area contributed by atoms with Crippen LogP contribution in [0.15, 0.2) is 52.6 Å². The Morgan fingerprint density at radius 2 is 2.07 bits per heavy atom. The molecule has 0 bridgehead atoms. The first kappa shape index (κ1) is 23.0. The van der Waals surface area contributed by atoms with Crippen LogP contribution in [0.2, 0.25) is 0 Å². The Labute approximate surface area is 178 Å². The number of aromatic hydroxyl groups is 1. The van der Waals surface area contributed by atoms with Gasteiger partial charge >= 0.3 is 0 Å². The highest BCUT2D eigenvalue weighted by Crippen LogP contribution is 2.27. The molecule has 0 amide bonds. The molecule has 0 aliphatic heterocycles. The van der Waals surface area contributed by atoms with Gasteiger partial charge in [0, 0.05) is 43.7 Å². The van der Waals surface area contributed by atoms with E-state index in [9.17, 15) is 9.90 Å². The van der Waals surface area contributed by atoms with E-state index < -0.39 is 0 Å². The summed E-state index contributed by atoms with van der Waals surface area (Å²) >= 11 is 0. The molecular formula is C22H30N6O2. The van der Waals surface area contributed by atoms with Gasteiger partial charge in [0.15, 0.2) is 11.6 Å². The second kappa shape index (κ2) is 12.3. The first-order valence-electron chi connectivity index (χ1n) is 10.1. The fraction of sp³-hybridized carbons (Fsp3) is 0.409. The van der Waals surface area contributed by atoms with Crippen molar-refractivity contribution in [1.82, 2.24) is 20.0 Å².